The molecule has 0 saturated heterocycles. The first kappa shape index (κ1) is 24.5. The van der Waals surface area contributed by atoms with Gasteiger partial charge in [-0.25, -0.2) is 0 Å². The van der Waals surface area contributed by atoms with E-state index in [0.717, 1.165) is 29.9 Å². The Morgan fingerprint density at radius 3 is 1.00 bits per heavy atom. The van der Waals surface area contributed by atoms with Gasteiger partial charge in [-0.05, 0) is 82.6 Å². The summed E-state index contributed by atoms with van der Waals surface area (Å²) in [5.74, 6) is 0. The summed E-state index contributed by atoms with van der Waals surface area (Å²) in [6, 6.07) is 58.6. The van der Waals surface area contributed by atoms with Gasteiger partial charge in [-0.2, -0.15) is 0 Å². The van der Waals surface area contributed by atoms with Gasteiger partial charge < -0.3 is 4.90 Å². The third kappa shape index (κ3) is 6.00. The zero-order chi connectivity index (χ0) is 26.3. The first-order valence-corrected chi connectivity index (χ1v) is 13.5. The van der Waals surface area contributed by atoms with Crippen molar-refractivity contribution in [1.82, 2.24) is 0 Å². The summed E-state index contributed by atoms with van der Waals surface area (Å²) in [5.41, 5.74) is 11.3. The third-order valence-electron chi connectivity index (χ3n) is 7.12. The van der Waals surface area contributed by atoms with E-state index < -0.39 is 0 Å². The molecule has 188 valence electrons. The van der Waals surface area contributed by atoms with Gasteiger partial charge in [0.1, 0.15) is 0 Å². The molecule has 39 heavy (non-hydrogen) atoms. The Hall–Kier alpha value is -4.88. The summed E-state index contributed by atoms with van der Waals surface area (Å²) in [6.45, 7) is 0. The van der Waals surface area contributed by atoms with E-state index in [1.807, 2.05) is 0 Å². The Balaban J connectivity index is 1.14. The zero-order valence-electron chi connectivity index (χ0n) is 21.9. The minimum atomic E-state index is 0.910. The molecule has 0 amide bonds. The lowest BCUT2D eigenvalue weighted by Crippen LogP contribution is -2.09. The standard InChI is InChI=1S/C38H31N/c1-4-10-30(11-5-1)28-31-16-22-34(23-17-31)35-24-18-32(19-25-35)29-33-20-26-38(27-21-33)39(36-12-6-2-7-13-36)37-14-8-3-9-15-37/h1-27H,28-29H2. The van der Waals surface area contributed by atoms with Crippen LogP contribution in [-0.4, -0.2) is 0 Å². The van der Waals surface area contributed by atoms with Crippen LogP contribution in [0.25, 0.3) is 11.1 Å². The Labute approximate surface area is 231 Å². The quantitative estimate of drug-likeness (QED) is 0.200. The van der Waals surface area contributed by atoms with E-state index >= 15 is 0 Å². The van der Waals surface area contributed by atoms with Gasteiger partial charge in [-0.3, -0.25) is 0 Å². The average Bonchev–Trinajstić information content (AvgIpc) is 3.01. The highest BCUT2D eigenvalue weighted by Crippen LogP contribution is 2.34. The van der Waals surface area contributed by atoms with Gasteiger partial charge in [0.25, 0.3) is 0 Å². The molecule has 6 rings (SSSR count). The molecule has 0 saturated carbocycles. The van der Waals surface area contributed by atoms with Crippen LogP contribution < -0.4 is 4.90 Å². The van der Waals surface area contributed by atoms with Gasteiger partial charge in [0.15, 0.2) is 0 Å². The summed E-state index contributed by atoms with van der Waals surface area (Å²) >= 11 is 0. The minimum absolute atomic E-state index is 0.910. The Kier molecular flexibility index (Phi) is 7.32. The molecule has 1 heteroatoms. The first-order chi connectivity index (χ1) is 19.3. The maximum atomic E-state index is 2.30. The van der Waals surface area contributed by atoms with Crippen LogP contribution in [0.4, 0.5) is 17.1 Å². The van der Waals surface area contributed by atoms with Crippen LogP contribution >= 0.6 is 0 Å². The number of para-hydroxylation sites is 2. The summed E-state index contributed by atoms with van der Waals surface area (Å²) in [4.78, 5) is 2.30. The topological polar surface area (TPSA) is 3.24 Å². The molecular formula is C38H31N. The maximum absolute atomic E-state index is 2.30. The average molecular weight is 502 g/mol. The number of rotatable bonds is 8. The van der Waals surface area contributed by atoms with Crippen molar-refractivity contribution < 1.29 is 0 Å². The molecule has 6 aromatic rings. The molecule has 0 spiro atoms. The van der Waals surface area contributed by atoms with E-state index in [4.69, 9.17) is 0 Å². The van der Waals surface area contributed by atoms with Gasteiger partial charge in [0.05, 0.1) is 0 Å². The second-order valence-corrected chi connectivity index (χ2v) is 9.91. The molecule has 0 aliphatic carbocycles. The van der Waals surface area contributed by atoms with E-state index in [1.165, 1.54) is 33.4 Å². The van der Waals surface area contributed by atoms with Gasteiger partial charge in [-0.1, -0.05) is 127 Å². The predicted octanol–water partition coefficient (Wildman–Crippen LogP) is 10.0. The summed E-state index contributed by atoms with van der Waals surface area (Å²) < 4.78 is 0. The van der Waals surface area contributed by atoms with Crippen molar-refractivity contribution in [2.45, 2.75) is 12.8 Å². The van der Waals surface area contributed by atoms with Gasteiger partial charge in [-0.15, -0.1) is 0 Å². The molecule has 6 aromatic carbocycles. The largest absolute Gasteiger partial charge is 0.311 e. The first-order valence-electron chi connectivity index (χ1n) is 13.5. The lowest BCUT2D eigenvalue weighted by molar-refractivity contribution is 1.18. The lowest BCUT2D eigenvalue weighted by Gasteiger charge is -2.25. The smallest absolute Gasteiger partial charge is 0.0461 e. The minimum Gasteiger partial charge on any atom is -0.311 e. The summed E-state index contributed by atoms with van der Waals surface area (Å²) in [6.07, 6.45) is 1.88. The molecule has 0 N–H and O–H groups in total. The summed E-state index contributed by atoms with van der Waals surface area (Å²) in [7, 11) is 0. The van der Waals surface area contributed by atoms with E-state index in [2.05, 4.69) is 169 Å². The molecule has 0 bridgehead atoms. The Morgan fingerprint density at radius 2 is 0.590 bits per heavy atom. The molecule has 0 unspecified atom stereocenters. The molecule has 0 aromatic heterocycles. The van der Waals surface area contributed by atoms with Crippen molar-refractivity contribution in [2.24, 2.45) is 0 Å². The maximum Gasteiger partial charge on any atom is 0.0461 e. The van der Waals surface area contributed by atoms with Crippen molar-refractivity contribution in [3.8, 4) is 11.1 Å². The summed E-state index contributed by atoms with van der Waals surface area (Å²) in [5, 5.41) is 0. The normalized spacial score (nSPS) is 10.8. The molecular weight excluding hydrogens is 470 g/mol. The number of hydrogen-bond acceptors (Lipinski definition) is 1. The van der Waals surface area contributed by atoms with Crippen LogP contribution in [-0.2, 0) is 12.8 Å². The zero-order valence-corrected chi connectivity index (χ0v) is 21.9. The lowest BCUT2D eigenvalue weighted by atomic mass is 9.98. The van der Waals surface area contributed by atoms with Gasteiger partial charge in [0.2, 0.25) is 0 Å². The molecule has 0 aliphatic heterocycles. The number of benzene rings is 6. The van der Waals surface area contributed by atoms with E-state index in [-0.39, 0.29) is 0 Å². The highest BCUT2D eigenvalue weighted by atomic mass is 15.1. The Bertz CT molecular complexity index is 1550. The molecule has 0 fully saturated rings. The van der Waals surface area contributed by atoms with Crippen molar-refractivity contribution in [3.63, 3.8) is 0 Å². The van der Waals surface area contributed by atoms with Crippen LogP contribution in [0.15, 0.2) is 164 Å². The van der Waals surface area contributed by atoms with E-state index in [1.54, 1.807) is 0 Å². The second-order valence-electron chi connectivity index (χ2n) is 9.91. The Morgan fingerprint density at radius 1 is 0.282 bits per heavy atom. The van der Waals surface area contributed by atoms with Crippen LogP contribution in [0.3, 0.4) is 0 Å². The fourth-order valence-corrected chi connectivity index (χ4v) is 5.06. The fraction of sp³-hybridized carbons (Fsp3) is 0.0526. The van der Waals surface area contributed by atoms with Crippen LogP contribution in [0.1, 0.15) is 22.3 Å². The predicted molar refractivity (Wildman–Crippen MR) is 165 cm³/mol. The number of anilines is 3. The molecule has 0 heterocycles. The second kappa shape index (κ2) is 11.7. The van der Waals surface area contributed by atoms with Crippen molar-refractivity contribution in [2.75, 3.05) is 4.90 Å². The van der Waals surface area contributed by atoms with Gasteiger partial charge in [0, 0.05) is 17.1 Å². The van der Waals surface area contributed by atoms with Crippen LogP contribution in [0, 0.1) is 0 Å². The van der Waals surface area contributed by atoms with Crippen LogP contribution in [0.5, 0.6) is 0 Å². The van der Waals surface area contributed by atoms with Crippen LogP contribution in [0.2, 0.25) is 0 Å². The monoisotopic (exact) mass is 501 g/mol. The van der Waals surface area contributed by atoms with Crippen molar-refractivity contribution >= 4 is 17.1 Å². The van der Waals surface area contributed by atoms with E-state index in [0.29, 0.717) is 0 Å². The fourth-order valence-electron chi connectivity index (χ4n) is 5.06. The number of nitrogens with zero attached hydrogens (tertiary/aromatic N) is 1. The molecule has 0 aliphatic rings. The van der Waals surface area contributed by atoms with Crippen molar-refractivity contribution in [3.05, 3.63) is 186 Å². The third-order valence-corrected chi connectivity index (χ3v) is 7.12. The molecule has 1 nitrogen and oxygen atoms in total. The number of hydrogen-bond donors (Lipinski definition) is 0. The SMILES string of the molecule is c1ccc(Cc2ccc(-c3ccc(Cc4ccc(N(c5ccccc5)c5ccccc5)cc4)cc3)cc2)cc1. The highest BCUT2D eigenvalue weighted by molar-refractivity contribution is 5.76. The van der Waals surface area contributed by atoms with Crippen molar-refractivity contribution in [1.29, 1.82) is 0 Å². The molecule has 0 radical (unpaired) electrons. The van der Waals surface area contributed by atoms with E-state index in [9.17, 15) is 0 Å². The highest BCUT2D eigenvalue weighted by Gasteiger charge is 2.11. The van der Waals surface area contributed by atoms with Gasteiger partial charge >= 0.3 is 0 Å². The molecule has 0 atom stereocenters.